The van der Waals surface area contributed by atoms with Gasteiger partial charge in [-0.15, -0.1) is 0 Å². The standard InChI is InChI=1S/C20H12N6O2/c1-11-4-6-12(7-5-11)10-26-16-9-14(22-3)13(21-2)8-15(16)23-17-18(26)24-20(28)25-19(17)27/h4-9H,10H2,1H3,(H,25,27,28). The molecule has 0 saturated heterocycles. The first kappa shape index (κ1) is 17.1. The molecule has 0 aromatic heterocycles. The molecule has 0 atom stereocenters. The summed E-state index contributed by atoms with van der Waals surface area (Å²) in [5.41, 5.74) is 1.85. The third-order valence-electron chi connectivity index (χ3n) is 4.41. The molecule has 8 nitrogen and oxygen atoms in total. The highest BCUT2D eigenvalue weighted by atomic mass is 16.2. The lowest BCUT2D eigenvalue weighted by atomic mass is 10.1. The van der Waals surface area contributed by atoms with Crippen LogP contribution >= 0.6 is 0 Å². The molecule has 0 spiro atoms. The van der Waals surface area contributed by atoms with Crippen LogP contribution in [0.5, 0.6) is 0 Å². The zero-order valence-corrected chi connectivity index (χ0v) is 14.7. The average Bonchev–Trinajstić information content (AvgIpc) is 2.69. The fourth-order valence-corrected chi connectivity index (χ4v) is 3.03. The second-order valence-corrected chi connectivity index (χ2v) is 6.28. The molecule has 2 aromatic rings. The van der Waals surface area contributed by atoms with Gasteiger partial charge in [0.1, 0.15) is 0 Å². The van der Waals surface area contributed by atoms with Crippen molar-refractivity contribution in [2.75, 3.05) is 0 Å². The fourth-order valence-electron chi connectivity index (χ4n) is 3.03. The van der Waals surface area contributed by atoms with Gasteiger partial charge in [-0.25, -0.2) is 9.78 Å². The van der Waals surface area contributed by atoms with Gasteiger partial charge in [-0.3, -0.25) is 19.5 Å². The highest BCUT2D eigenvalue weighted by Gasteiger charge is 2.20. The summed E-state index contributed by atoms with van der Waals surface area (Å²) < 4.78 is 1.68. The number of rotatable bonds is 2. The van der Waals surface area contributed by atoms with Crippen molar-refractivity contribution >= 4 is 22.4 Å². The summed E-state index contributed by atoms with van der Waals surface area (Å²) in [6.45, 7) is 16.9. The number of aromatic amines is 1. The van der Waals surface area contributed by atoms with E-state index in [4.69, 9.17) is 13.1 Å². The second kappa shape index (κ2) is 6.45. The van der Waals surface area contributed by atoms with Crippen molar-refractivity contribution in [1.29, 1.82) is 0 Å². The predicted molar refractivity (Wildman–Crippen MR) is 104 cm³/mol. The molecule has 28 heavy (non-hydrogen) atoms. The van der Waals surface area contributed by atoms with Crippen molar-refractivity contribution in [2.24, 2.45) is 0 Å². The van der Waals surface area contributed by atoms with Gasteiger partial charge in [0.25, 0.3) is 5.56 Å². The van der Waals surface area contributed by atoms with E-state index >= 15 is 0 Å². The number of hydrogen-bond donors (Lipinski definition) is 1. The molecule has 2 aliphatic rings. The van der Waals surface area contributed by atoms with Crippen molar-refractivity contribution in [2.45, 2.75) is 13.5 Å². The highest BCUT2D eigenvalue weighted by Crippen LogP contribution is 2.34. The normalized spacial score (nSPS) is 10.7. The number of fused-ring (bicyclic) bond motifs is 2. The van der Waals surface area contributed by atoms with Gasteiger partial charge in [-0.1, -0.05) is 29.8 Å². The largest absolute Gasteiger partial charge is 0.349 e. The molecule has 0 amide bonds. The van der Waals surface area contributed by atoms with E-state index in [1.54, 1.807) is 10.6 Å². The monoisotopic (exact) mass is 368 g/mol. The van der Waals surface area contributed by atoms with E-state index in [1.165, 1.54) is 6.07 Å². The second-order valence-electron chi connectivity index (χ2n) is 6.28. The Morgan fingerprint density at radius 2 is 1.71 bits per heavy atom. The number of hydrogen-bond acceptors (Lipinski definition) is 4. The molecule has 2 aliphatic heterocycles. The Labute approximate surface area is 158 Å². The van der Waals surface area contributed by atoms with Gasteiger partial charge in [-0.2, -0.15) is 4.98 Å². The van der Waals surface area contributed by atoms with Gasteiger partial charge in [0.2, 0.25) is 0 Å². The van der Waals surface area contributed by atoms with Crippen LogP contribution in [0.25, 0.3) is 32.2 Å². The molecule has 4 rings (SSSR count). The summed E-state index contributed by atoms with van der Waals surface area (Å²) in [6, 6.07) is 10.8. The van der Waals surface area contributed by atoms with Gasteiger partial charge in [0, 0.05) is 6.54 Å². The molecule has 2 aromatic carbocycles. The van der Waals surface area contributed by atoms with Crippen LogP contribution in [0.15, 0.2) is 46.0 Å². The zero-order valence-electron chi connectivity index (χ0n) is 14.7. The van der Waals surface area contributed by atoms with Crippen molar-refractivity contribution < 1.29 is 0 Å². The van der Waals surface area contributed by atoms with Crippen molar-refractivity contribution in [3.8, 4) is 11.5 Å². The molecule has 0 bridgehead atoms. The number of nitrogens with zero attached hydrogens (tertiary/aromatic N) is 5. The maximum absolute atomic E-state index is 12.3. The molecular weight excluding hydrogens is 356 g/mol. The Hall–Kier alpha value is -4.30. The summed E-state index contributed by atoms with van der Waals surface area (Å²) in [6.07, 6.45) is 0. The van der Waals surface area contributed by atoms with E-state index < -0.39 is 11.2 Å². The van der Waals surface area contributed by atoms with Crippen LogP contribution in [0.2, 0.25) is 0 Å². The van der Waals surface area contributed by atoms with E-state index in [0.29, 0.717) is 17.6 Å². The molecule has 0 aliphatic carbocycles. The minimum Gasteiger partial charge on any atom is -0.319 e. The zero-order chi connectivity index (χ0) is 19.8. The molecule has 0 unspecified atom stereocenters. The van der Waals surface area contributed by atoms with Crippen molar-refractivity contribution in [1.82, 2.24) is 19.5 Å². The highest BCUT2D eigenvalue weighted by molar-refractivity contribution is 5.90. The van der Waals surface area contributed by atoms with E-state index in [-0.39, 0.29) is 22.9 Å². The van der Waals surface area contributed by atoms with E-state index in [1.807, 2.05) is 31.2 Å². The Morgan fingerprint density at radius 1 is 1.04 bits per heavy atom. The third-order valence-corrected chi connectivity index (χ3v) is 4.41. The lowest BCUT2D eigenvalue weighted by Crippen LogP contribution is -2.29. The molecule has 8 heteroatoms. The van der Waals surface area contributed by atoms with Crippen LogP contribution in [-0.2, 0) is 6.54 Å². The molecule has 1 N–H and O–H groups in total. The van der Waals surface area contributed by atoms with Gasteiger partial charge >= 0.3 is 5.69 Å². The van der Waals surface area contributed by atoms with Crippen LogP contribution in [0.3, 0.4) is 0 Å². The molecule has 0 saturated carbocycles. The molecule has 2 heterocycles. The van der Waals surface area contributed by atoms with Crippen LogP contribution < -0.4 is 11.2 Å². The maximum atomic E-state index is 12.3. The summed E-state index contributed by atoms with van der Waals surface area (Å²) in [4.78, 5) is 41.3. The quantitative estimate of drug-likeness (QED) is 0.435. The molecular formula is C20H12N6O2. The molecule has 134 valence electrons. The topological polar surface area (TPSA) is 89.4 Å². The Balaban J connectivity index is 2.11. The smallest absolute Gasteiger partial charge is 0.319 e. The summed E-state index contributed by atoms with van der Waals surface area (Å²) in [7, 11) is 0. The number of nitrogens with one attached hydrogen (secondary N) is 1. The third kappa shape index (κ3) is 2.79. The van der Waals surface area contributed by atoms with Gasteiger partial charge in [0.05, 0.1) is 24.2 Å². The summed E-state index contributed by atoms with van der Waals surface area (Å²) in [5, 5.41) is 0. The van der Waals surface area contributed by atoms with Gasteiger partial charge in [0.15, 0.2) is 22.9 Å². The summed E-state index contributed by atoms with van der Waals surface area (Å²) in [5.74, 6) is 0.133. The number of benzene rings is 2. The SMILES string of the molecule is [C-]#[N+]c1cc2nc3c(=O)[nH]c(=O)nc-3n(Cc3ccc(C)cc3)c2cc1[N+]#[C-]. The van der Waals surface area contributed by atoms with E-state index in [0.717, 1.165) is 11.1 Å². The first-order valence-electron chi connectivity index (χ1n) is 8.29. The number of aromatic nitrogens is 4. The number of H-pyrrole nitrogens is 1. The van der Waals surface area contributed by atoms with E-state index in [9.17, 15) is 9.59 Å². The lowest BCUT2D eigenvalue weighted by Gasteiger charge is -2.17. The van der Waals surface area contributed by atoms with Crippen LogP contribution in [-0.4, -0.2) is 19.5 Å². The van der Waals surface area contributed by atoms with Crippen molar-refractivity contribution in [3.63, 3.8) is 0 Å². The Morgan fingerprint density at radius 3 is 2.39 bits per heavy atom. The van der Waals surface area contributed by atoms with Crippen LogP contribution in [0.4, 0.5) is 11.4 Å². The van der Waals surface area contributed by atoms with Crippen molar-refractivity contribution in [3.05, 3.63) is 91.2 Å². The van der Waals surface area contributed by atoms with E-state index in [2.05, 4.69) is 24.6 Å². The van der Waals surface area contributed by atoms with Gasteiger partial charge < -0.3 is 4.57 Å². The minimum absolute atomic E-state index is 0.00528. The molecule has 0 fully saturated rings. The van der Waals surface area contributed by atoms with Crippen LogP contribution in [0, 0.1) is 20.1 Å². The maximum Gasteiger partial charge on any atom is 0.349 e. The first-order valence-corrected chi connectivity index (χ1v) is 8.29. The fraction of sp³-hybridized carbons (Fsp3) is 0.100. The minimum atomic E-state index is -0.764. The molecule has 0 radical (unpaired) electrons. The summed E-state index contributed by atoms with van der Waals surface area (Å²) >= 11 is 0. The predicted octanol–water partition coefficient (Wildman–Crippen LogP) is 3.04. The number of aryl methyl sites for hydroxylation is 1. The van der Waals surface area contributed by atoms with Gasteiger partial charge in [-0.05, 0) is 24.6 Å². The van der Waals surface area contributed by atoms with Crippen LogP contribution in [0.1, 0.15) is 11.1 Å². The first-order chi connectivity index (χ1) is 13.5. The average molecular weight is 368 g/mol. The lowest BCUT2D eigenvalue weighted by molar-refractivity contribution is 0.790. The Bertz CT molecular complexity index is 1400. The Kier molecular flexibility index (Phi) is 3.95.